The molecule has 6 heteroatoms. The number of alkyl halides is 3. The predicted octanol–water partition coefficient (Wildman–Crippen LogP) is 3.93. The van der Waals surface area contributed by atoms with Crippen LogP contribution in [0.25, 0.3) is 11.4 Å². The quantitative estimate of drug-likeness (QED) is 0.789. The Bertz CT molecular complexity index is 538. The summed E-state index contributed by atoms with van der Waals surface area (Å²) in [6.45, 7) is 1.94. The second-order valence-electron chi connectivity index (χ2n) is 3.62. The molecule has 2 rings (SSSR count). The van der Waals surface area contributed by atoms with E-state index in [2.05, 4.69) is 15.0 Å². The Morgan fingerprint density at radius 2 is 1.67 bits per heavy atom. The average Bonchev–Trinajstić information content (AvgIpc) is 2.38. The molecule has 0 saturated heterocycles. The molecule has 94 valence electrons. The molecule has 1 aromatic carbocycles. The molecule has 1 aromatic heterocycles. The number of nitrogens with zero attached hydrogens (tertiary/aromatic N) is 3. The van der Waals surface area contributed by atoms with Gasteiger partial charge in [0.1, 0.15) is 5.82 Å². The summed E-state index contributed by atoms with van der Waals surface area (Å²) in [6.07, 6.45) is 0.649. The molecule has 0 fully saturated rings. The lowest BCUT2D eigenvalue weighted by Gasteiger charge is -2.11. The van der Waals surface area contributed by atoms with E-state index in [0.29, 0.717) is 18.1 Å². The fraction of sp³-hybridized carbons (Fsp3) is 0.250. The minimum atomic E-state index is -1.64. The van der Waals surface area contributed by atoms with Crippen molar-refractivity contribution in [3.8, 4) is 11.4 Å². The van der Waals surface area contributed by atoms with Gasteiger partial charge in [0.2, 0.25) is 3.79 Å². The van der Waals surface area contributed by atoms with Crippen molar-refractivity contribution >= 4 is 34.8 Å². The molecule has 0 N–H and O–H groups in total. The van der Waals surface area contributed by atoms with Gasteiger partial charge in [0.05, 0.1) is 0 Å². The van der Waals surface area contributed by atoms with E-state index in [9.17, 15) is 0 Å². The maximum atomic E-state index is 5.83. The number of aryl methyl sites for hydroxylation is 1. The van der Waals surface area contributed by atoms with Crippen LogP contribution in [-0.2, 0) is 10.2 Å². The molecule has 1 heterocycles. The number of hydrogen-bond donors (Lipinski definition) is 0. The second kappa shape index (κ2) is 5.39. The molecule has 3 nitrogen and oxygen atoms in total. The Kier molecular flexibility index (Phi) is 4.05. The van der Waals surface area contributed by atoms with E-state index in [1.54, 1.807) is 0 Å². The van der Waals surface area contributed by atoms with Gasteiger partial charge in [-0.15, -0.1) is 0 Å². The zero-order chi connectivity index (χ0) is 13.2. The molecule has 0 unspecified atom stereocenters. The van der Waals surface area contributed by atoms with Crippen molar-refractivity contribution in [2.75, 3.05) is 0 Å². The number of rotatable bonds is 2. The molecule has 0 saturated carbocycles. The molecule has 2 aromatic rings. The van der Waals surface area contributed by atoms with Crippen LogP contribution < -0.4 is 0 Å². The van der Waals surface area contributed by atoms with Crippen LogP contribution in [0.3, 0.4) is 0 Å². The smallest absolute Gasteiger partial charge is 0.213 e. The van der Waals surface area contributed by atoms with Crippen LogP contribution in [0, 0.1) is 0 Å². The Morgan fingerprint density at radius 3 is 2.22 bits per heavy atom. The van der Waals surface area contributed by atoms with Crippen molar-refractivity contribution in [2.24, 2.45) is 0 Å². The Balaban J connectivity index is 2.55. The number of aromatic nitrogens is 3. The van der Waals surface area contributed by atoms with Gasteiger partial charge >= 0.3 is 0 Å². The van der Waals surface area contributed by atoms with Gasteiger partial charge in [0, 0.05) is 12.0 Å². The highest BCUT2D eigenvalue weighted by atomic mass is 35.6. The molecular formula is C12H10Cl3N3. The van der Waals surface area contributed by atoms with Crippen LogP contribution in [0.5, 0.6) is 0 Å². The zero-order valence-corrected chi connectivity index (χ0v) is 11.8. The Hall–Kier alpha value is -0.900. The van der Waals surface area contributed by atoms with Crippen LogP contribution in [0.4, 0.5) is 0 Å². The standard InChI is InChI=1S/C12H10Cl3N3/c1-2-9-16-10(8-6-4-3-5-7-8)18-11(17-9)12(13,14)15/h3-7H,2H2,1H3. The fourth-order valence-corrected chi connectivity index (χ4v) is 1.67. The van der Waals surface area contributed by atoms with E-state index in [-0.39, 0.29) is 5.82 Å². The third-order valence-electron chi connectivity index (χ3n) is 2.28. The first kappa shape index (κ1) is 13.5. The lowest BCUT2D eigenvalue weighted by Crippen LogP contribution is -2.12. The maximum absolute atomic E-state index is 5.83. The molecule has 0 aliphatic heterocycles. The van der Waals surface area contributed by atoms with Crippen molar-refractivity contribution in [3.63, 3.8) is 0 Å². The first-order valence-corrected chi connectivity index (χ1v) is 6.51. The van der Waals surface area contributed by atoms with Gasteiger partial charge in [-0.1, -0.05) is 72.1 Å². The molecular weight excluding hydrogens is 293 g/mol. The first-order valence-electron chi connectivity index (χ1n) is 5.38. The molecule has 0 aliphatic rings. The summed E-state index contributed by atoms with van der Waals surface area (Å²) in [7, 11) is 0. The molecule has 0 atom stereocenters. The Labute approximate surface area is 120 Å². The molecule has 18 heavy (non-hydrogen) atoms. The third kappa shape index (κ3) is 3.10. The molecule has 0 spiro atoms. The summed E-state index contributed by atoms with van der Waals surface area (Å²) in [5, 5.41) is 0. The van der Waals surface area contributed by atoms with E-state index < -0.39 is 3.79 Å². The average molecular weight is 303 g/mol. The van der Waals surface area contributed by atoms with Gasteiger partial charge < -0.3 is 0 Å². The molecule has 0 bridgehead atoms. The van der Waals surface area contributed by atoms with Crippen LogP contribution in [-0.4, -0.2) is 15.0 Å². The zero-order valence-electron chi connectivity index (χ0n) is 9.57. The van der Waals surface area contributed by atoms with E-state index >= 15 is 0 Å². The highest BCUT2D eigenvalue weighted by Gasteiger charge is 2.28. The lowest BCUT2D eigenvalue weighted by molar-refractivity contribution is 0.840. The van der Waals surface area contributed by atoms with Crippen LogP contribution in [0.15, 0.2) is 30.3 Å². The molecule has 0 radical (unpaired) electrons. The summed E-state index contributed by atoms with van der Waals surface area (Å²) in [5.74, 6) is 1.27. The van der Waals surface area contributed by atoms with Crippen LogP contribution in [0.2, 0.25) is 0 Å². The van der Waals surface area contributed by atoms with E-state index in [4.69, 9.17) is 34.8 Å². The first-order chi connectivity index (χ1) is 8.50. The van der Waals surface area contributed by atoms with Gasteiger partial charge in [0.25, 0.3) is 0 Å². The van der Waals surface area contributed by atoms with Gasteiger partial charge in [0.15, 0.2) is 11.6 Å². The van der Waals surface area contributed by atoms with Gasteiger partial charge in [-0.3, -0.25) is 0 Å². The minimum absolute atomic E-state index is 0.151. The second-order valence-corrected chi connectivity index (χ2v) is 5.90. The lowest BCUT2D eigenvalue weighted by atomic mass is 10.2. The molecule has 0 aliphatic carbocycles. The fourth-order valence-electron chi connectivity index (χ4n) is 1.42. The number of hydrogen-bond acceptors (Lipinski definition) is 3. The van der Waals surface area contributed by atoms with Crippen LogP contribution >= 0.6 is 34.8 Å². The van der Waals surface area contributed by atoms with Crippen molar-refractivity contribution < 1.29 is 0 Å². The van der Waals surface area contributed by atoms with Crippen molar-refractivity contribution in [1.29, 1.82) is 0 Å². The summed E-state index contributed by atoms with van der Waals surface area (Å²) in [6, 6.07) is 9.52. The summed E-state index contributed by atoms with van der Waals surface area (Å²) in [4.78, 5) is 12.7. The third-order valence-corrected chi connectivity index (χ3v) is 2.79. The van der Waals surface area contributed by atoms with E-state index in [1.165, 1.54) is 0 Å². The van der Waals surface area contributed by atoms with E-state index in [0.717, 1.165) is 5.56 Å². The monoisotopic (exact) mass is 301 g/mol. The topological polar surface area (TPSA) is 38.7 Å². The summed E-state index contributed by atoms with van der Waals surface area (Å²) in [5.41, 5.74) is 0.866. The normalized spacial score (nSPS) is 11.6. The van der Waals surface area contributed by atoms with Crippen molar-refractivity contribution in [1.82, 2.24) is 15.0 Å². The predicted molar refractivity (Wildman–Crippen MR) is 73.9 cm³/mol. The summed E-state index contributed by atoms with van der Waals surface area (Å²) < 4.78 is -1.64. The van der Waals surface area contributed by atoms with Crippen molar-refractivity contribution in [2.45, 2.75) is 17.1 Å². The largest absolute Gasteiger partial charge is 0.250 e. The molecule has 0 amide bonds. The van der Waals surface area contributed by atoms with E-state index in [1.807, 2.05) is 37.3 Å². The number of halogens is 3. The van der Waals surface area contributed by atoms with Gasteiger partial charge in [-0.05, 0) is 0 Å². The van der Waals surface area contributed by atoms with Crippen LogP contribution in [0.1, 0.15) is 18.6 Å². The highest BCUT2D eigenvalue weighted by Crippen LogP contribution is 2.36. The SMILES string of the molecule is CCc1nc(-c2ccccc2)nc(C(Cl)(Cl)Cl)n1. The van der Waals surface area contributed by atoms with Gasteiger partial charge in [-0.25, -0.2) is 15.0 Å². The minimum Gasteiger partial charge on any atom is -0.213 e. The maximum Gasteiger partial charge on any atom is 0.250 e. The highest BCUT2D eigenvalue weighted by molar-refractivity contribution is 6.66. The Morgan fingerprint density at radius 1 is 1.00 bits per heavy atom. The summed E-state index contributed by atoms with van der Waals surface area (Å²) >= 11 is 17.5. The van der Waals surface area contributed by atoms with Crippen molar-refractivity contribution in [3.05, 3.63) is 42.0 Å². The number of benzene rings is 1. The van der Waals surface area contributed by atoms with Gasteiger partial charge in [-0.2, -0.15) is 0 Å².